The Morgan fingerprint density at radius 3 is 1.92 bits per heavy atom. The second-order valence-corrected chi connectivity index (χ2v) is 3.43. The van der Waals surface area contributed by atoms with Gasteiger partial charge in [0.2, 0.25) is 5.85 Å². The standard InChI is InChI=1S/C4H6F4O4S/c1-3(5,2-4(6,7)8)12-13(9,10)11/h2H2,1H3,(H,9,10,11). The molecule has 9 heteroatoms. The highest BCUT2D eigenvalue weighted by Gasteiger charge is 2.43. The first-order chi connectivity index (χ1) is 5.41. The zero-order valence-corrected chi connectivity index (χ0v) is 7.12. The summed E-state index contributed by atoms with van der Waals surface area (Å²) in [6, 6.07) is 0. The van der Waals surface area contributed by atoms with Gasteiger partial charge < -0.3 is 0 Å². The molecule has 0 aromatic carbocycles. The first kappa shape index (κ1) is 12.6. The molecule has 0 aromatic heterocycles. The summed E-state index contributed by atoms with van der Waals surface area (Å²) >= 11 is 0. The number of hydrogen-bond acceptors (Lipinski definition) is 3. The summed E-state index contributed by atoms with van der Waals surface area (Å²) in [6.45, 7) is 0.244. The molecule has 1 unspecified atom stereocenters. The monoisotopic (exact) mass is 226 g/mol. The fourth-order valence-electron chi connectivity index (χ4n) is 0.607. The number of rotatable bonds is 3. The molecule has 0 heterocycles. The Morgan fingerprint density at radius 2 is 1.69 bits per heavy atom. The van der Waals surface area contributed by atoms with Crippen molar-refractivity contribution >= 4 is 10.4 Å². The highest BCUT2D eigenvalue weighted by atomic mass is 32.3. The largest absolute Gasteiger partial charge is 0.400 e. The van der Waals surface area contributed by atoms with Gasteiger partial charge in [-0.2, -0.15) is 21.6 Å². The summed E-state index contributed by atoms with van der Waals surface area (Å²) in [6.07, 6.45) is -7.05. The van der Waals surface area contributed by atoms with Crippen LogP contribution in [0, 0.1) is 0 Å². The van der Waals surface area contributed by atoms with E-state index in [1.807, 2.05) is 0 Å². The van der Waals surface area contributed by atoms with Crippen molar-refractivity contribution in [1.29, 1.82) is 0 Å². The van der Waals surface area contributed by atoms with E-state index in [1.54, 1.807) is 0 Å². The van der Waals surface area contributed by atoms with Crippen LogP contribution in [0.4, 0.5) is 17.6 Å². The highest BCUT2D eigenvalue weighted by molar-refractivity contribution is 7.80. The van der Waals surface area contributed by atoms with Crippen LogP contribution in [0.3, 0.4) is 0 Å². The lowest BCUT2D eigenvalue weighted by molar-refractivity contribution is -0.196. The molecule has 0 saturated carbocycles. The lowest BCUT2D eigenvalue weighted by Gasteiger charge is -2.19. The van der Waals surface area contributed by atoms with Crippen molar-refractivity contribution in [3.8, 4) is 0 Å². The van der Waals surface area contributed by atoms with E-state index >= 15 is 0 Å². The van der Waals surface area contributed by atoms with Crippen molar-refractivity contribution in [1.82, 2.24) is 0 Å². The van der Waals surface area contributed by atoms with Crippen LogP contribution in [0.2, 0.25) is 0 Å². The minimum Gasteiger partial charge on any atom is -0.263 e. The number of halogens is 4. The molecular formula is C4H6F4O4S. The van der Waals surface area contributed by atoms with Gasteiger partial charge in [0, 0.05) is 0 Å². The molecule has 0 saturated heterocycles. The van der Waals surface area contributed by atoms with Crippen molar-refractivity contribution in [2.45, 2.75) is 25.4 Å². The van der Waals surface area contributed by atoms with Crippen molar-refractivity contribution in [3.05, 3.63) is 0 Å². The third kappa shape index (κ3) is 7.94. The van der Waals surface area contributed by atoms with Gasteiger partial charge >= 0.3 is 16.6 Å². The van der Waals surface area contributed by atoms with Crippen molar-refractivity contribution < 1.29 is 34.7 Å². The second-order valence-electron chi connectivity index (χ2n) is 2.40. The number of hydrogen-bond donors (Lipinski definition) is 1. The predicted molar refractivity (Wildman–Crippen MR) is 32.8 cm³/mol. The van der Waals surface area contributed by atoms with E-state index in [2.05, 4.69) is 4.18 Å². The van der Waals surface area contributed by atoms with Crippen LogP contribution in [-0.2, 0) is 14.6 Å². The molecule has 0 aliphatic rings. The third-order valence-corrected chi connectivity index (χ3v) is 1.35. The molecule has 0 aliphatic carbocycles. The Kier molecular flexibility index (Phi) is 3.28. The molecule has 0 bridgehead atoms. The molecule has 4 nitrogen and oxygen atoms in total. The van der Waals surface area contributed by atoms with Crippen LogP contribution in [0.1, 0.15) is 13.3 Å². The van der Waals surface area contributed by atoms with Crippen LogP contribution in [-0.4, -0.2) is 25.0 Å². The molecule has 13 heavy (non-hydrogen) atoms. The molecule has 0 spiro atoms. The maximum atomic E-state index is 12.6. The van der Waals surface area contributed by atoms with Crippen LogP contribution in [0.25, 0.3) is 0 Å². The van der Waals surface area contributed by atoms with Gasteiger partial charge in [0.1, 0.15) is 6.42 Å². The van der Waals surface area contributed by atoms with E-state index < -0.39 is 28.9 Å². The van der Waals surface area contributed by atoms with Crippen LogP contribution >= 0.6 is 0 Å². The van der Waals surface area contributed by atoms with E-state index in [-0.39, 0.29) is 6.92 Å². The minimum atomic E-state index is -5.23. The van der Waals surface area contributed by atoms with Crippen LogP contribution < -0.4 is 0 Å². The lowest BCUT2D eigenvalue weighted by Crippen LogP contribution is -2.32. The first-order valence-electron chi connectivity index (χ1n) is 2.85. The Labute approximate surface area is 71.4 Å². The fraction of sp³-hybridized carbons (Fsp3) is 1.00. The molecule has 80 valence electrons. The Balaban J connectivity index is 4.43. The van der Waals surface area contributed by atoms with E-state index in [0.717, 1.165) is 0 Å². The molecule has 0 fully saturated rings. The summed E-state index contributed by atoms with van der Waals surface area (Å²) in [4.78, 5) is 0. The molecule has 0 aromatic rings. The summed E-state index contributed by atoms with van der Waals surface area (Å²) in [5.41, 5.74) is 0. The Bertz CT molecular complexity index is 266. The summed E-state index contributed by atoms with van der Waals surface area (Å²) in [7, 11) is -5.23. The second kappa shape index (κ2) is 3.39. The van der Waals surface area contributed by atoms with Crippen LogP contribution in [0.15, 0.2) is 0 Å². The molecule has 0 aliphatic heterocycles. The van der Waals surface area contributed by atoms with Crippen molar-refractivity contribution in [2.75, 3.05) is 0 Å². The Morgan fingerprint density at radius 1 is 1.31 bits per heavy atom. The maximum Gasteiger partial charge on any atom is 0.400 e. The smallest absolute Gasteiger partial charge is 0.263 e. The van der Waals surface area contributed by atoms with Gasteiger partial charge in [-0.15, -0.1) is 0 Å². The highest BCUT2D eigenvalue weighted by Crippen LogP contribution is 2.31. The zero-order valence-electron chi connectivity index (χ0n) is 6.30. The van der Waals surface area contributed by atoms with Crippen molar-refractivity contribution in [3.63, 3.8) is 0 Å². The molecule has 0 radical (unpaired) electrons. The molecule has 0 rings (SSSR count). The van der Waals surface area contributed by atoms with E-state index in [0.29, 0.717) is 0 Å². The first-order valence-corrected chi connectivity index (χ1v) is 4.21. The van der Waals surface area contributed by atoms with Gasteiger partial charge in [-0.3, -0.25) is 4.55 Å². The molecular weight excluding hydrogens is 220 g/mol. The third-order valence-electron chi connectivity index (χ3n) is 0.795. The van der Waals surface area contributed by atoms with E-state index in [9.17, 15) is 26.0 Å². The van der Waals surface area contributed by atoms with Gasteiger partial charge in [-0.05, 0) is 6.92 Å². The maximum absolute atomic E-state index is 12.6. The molecule has 1 atom stereocenters. The molecule has 1 N–H and O–H groups in total. The van der Waals surface area contributed by atoms with Gasteiger partial charge in [0.15, 0.2) is 0 Å². The van der Waals surface area contributed by atoms with Crippen molar-refractivity contribution in [2.24, 2.45) is 0 Å². The van der Waals surface area contributed by atoms with Gasteiger partial charge in [-0.25, -0.2) is 8.57 Å². The average molecular weight is 226 g/mol. The summed E-state index contributed by atoms with van der Waals surface area (Å²) in [5, 5.41) is 0. The predicted octanol–water partition coefficient (Wildman–Crippen LogP) is 1.44. The van der Waals surface area contributed by atoms with E-state index in [4.69, 9.17) is 4.55 Å². The summed E-state index contributed by atoms with van der Waals surface area (Å²) in [5.74, 6) is -3.49. The van der Waals surface area contributed by atoms with E-state index in [1.165, 1.54) is 0 Å². The Hall–Kier alpha value is -0.410. The normalized spacial score (nSPS) is 18.3. The molecule has 0 amide bonds. The lowest BCUT2D eigenvalue weighted by atomic mass is 10.2. The quantitative estimate of drug-likeness (QED) is 0.584. The fourth-order valence-corrected chi connectivity index (χ4v) is 1.11. The number of alkyl halides is 4. The van der Waals surface area contributed by atoms with Gasteiger partial charge in [0.05, 0.1) is 0 Å². The van der Waals surface area contributed by atoms with Crippen LogP contribution in [0.5, 0.6) is 0 Å². The SMILES string of the molecule is CC(F)(CC(F)(F)F)OS(=O)(=O)O. The zero-order chi connectivity index (χ0) is 10.9. The average Bonchev–Trinajstić information content (AvgIpc) is 1.43. The van der Waals surface area contributed by atoms with Gasteiger partial charge in [-0.1, -0.05) is 0 Å². The topological polar surface area (TPSA) is 63.6 Å². The van der Waals surface area contributed by atoms with Gasteiger partial charge in [0.25, 0.3) is 0 Å². The summed E-state index contributed by atoms with van der Waals surface area (Å²) < 4.78 is 77.9. The minimum absolute atomic E-state index is 0.244.